The van der Waals surface area contributed by atoms with Gasteiger partial charge in [-0.1, -0.05) is 18.2 Å². The number of phenols is 1. The Kier molecular flexibility index (Phi) is 4.44. The van der Waals surface area contributed by atoms with Crippen LogP contribution in [0.25, 0.3) is 0 Å². The Morgan fingerprint density at radius 2 is 2.05 bits per heavy atom. The van der Waals surface area contributed by atoms with Crippen molar-refractivity contribution in [2.24, 2.45) is 5.84 Å². The van der Waals surface area contributed by atoms with Crippen molar-refractivity contribution in [1.82, 2.24) is 0 Å². The molecule has 0 saturated heterocycles. The van der Waals surface area contributed by atoms with E-state index in [9.17, 15) is 15.2 Å². The van der Waals surface area contributed by atoms with Gasteiger partial charge in [0.2, 0.25) is 0 Å². The standard InChI is InChI=1S/C13H13N3O3S/c14-15-10-7-9(5-6-11(10)16(18)19)8-20-13-4-2-1-3-12(13)17/h1-7,15,17H,8,14H2. The Morgan fingerprint density at radius 3 is 2.70 bits per heavy atom. The summed E-state index contributed by atoms with van der Waals surface area (Å²) in [5, 5.41) is 20.5. The summed E-state index contributed by atoms with van der Waals surface area (Å²) in [5.74, 6) is 6.08. The highest BCUT2D eigenvalue weighted by molar-refractivity contribution is 7.98. The summed E-state index contributed by atoms with van der Waals surface area (Å²) >= 11 is 1.45. The van der Waals surface area contributed by atoms with Crippen LogP contribution in [-0.4, -0.2) is 10.0 Å². The first-order valence-corrected chi connectivity index (χ1v) is 6.75. The molecule has 0 bridgehead atoms. The number of nitro benzene ring substituents is 1. The molecular weight excluding hydrogens is 278 g/mol. The lowest BCUT2D eigenvalue weighted by Gasteiger charge is -2.07. The van der Waals surface area contributed by atoms with E-state index < -0.39 is 4.92 Å². The number of thioether (sulfide) groups is 1. The first-order valence-electron chi connectivity index (χ1n) is 5.76. The van der Waals surface area contributed by atoms with Gasteiger partial charge in [-0.05, 0) is 23.8 Å². The third-order valence-corrected chi connectivity index (χ3v) is 3.81. The number of hydrogen-bond acceptors (Lipinski definition) is 6. The summed E-state index contributed by atoms with van der Waals surface area (Å²) in [6.07, 6.45) is 0. The molecule has 20 heavy (non-hydrogen) atoms. The Bertz CT molecular complexity index is 634. The van der Waals surface area contributed by atoms with Gasteiger partial charge in [0.15, 0.2) is 0 Å². The normalized spacial score (nSPS) is 10.2. The van der Waals surface area contributed by atoms with Crippen LogP contribution in [0.3, 0.4) is 0 Å². The second kappa shape index (κ2) is 6.27. The van der Waals surface area contributed by atoms with Crippen molar-refractivity contribution in [3.8, 4) is 5.75 Å². The van der Waals surface area contributed by atoms with Crippen LogP contribution >= 0.6 is 11.8 Å². The van der Waals surface area contributed by atoms with E-state index in [1.807, 2.05) is 12.1 Å². The highest BCUT2D eigenvalue weighted by Crippen LogP contribution is 2.32. The maximum atomic E-state index is 10.8. The number of hydrazine groups is 1. The molecule has 2 aromatic rings. The number of nitrogen functional groups attached to an aromatic ring is 1. The zero-order chi connectivity index (χ0) is 14.5. The fraction of sp³-hybridized carbons (Fsp3) is 0.0769. The predicted octanol–water partition coefficient (Wildman–Crippen LogP) is 2.88. The van der Waals surface area contributed by atoms with Gasteiger partial charge in [0.1, 0.15) is 11.4 Å². The SMILES string of the molecule is NNc1cc(CSc2ccccc2O)ccc1[N+](=O)[O-]. The summed E-state index contributed by atoms with van der Waals surface area (Å²) in [4.78, 5) is 11.1. The van der Waals surface area contributed by atoms with Gasteiger partial charge in [0.05, 0.1) is 4.92 Å². The fourth-order valence-electron chi connectivity index (χ4n) is 1.69. The molecule has 0 spiro atoms. The maximum absolute atomic E-state index is 10.8. The first kappa shape index (κ1) is 14.2. The van der Waals surface area contributed by atoms with Crippen molar-refractivity contribution in [3.63, 3.8) is 0 Å². The van der Waals surface area contributed by atoms with Crippen LogP contribution in [0.4, 0.5) is 11.4 Å². The molecule has 0 fully saturated rings. The Balaban J connectivity index is 2.15. The van der Waals surface area contributed by atoms with E-state index in [2.05, 4.69) is 5.43 Å². The van der Waals surface area contributed by atoms with Crippen LogP contribution in [0.1, 0.15) is 5.56 Å². The monoisotopic (exact) mass is 291 g/mol. The van der Waals surface area contributed by atoms with Gasteiger partial charge in [-0.3, -0.25) is 16.0 Å². The van der Waals surface area contributed by atoms with E-state index in [4.69, 9.17) is 5.84 Å². The number of benzene rings is 2. The Hall–Kier alpha value is -2.25. The van der Waals surface area contributed by atoms with Gasteiger partial charge >= 0.3 is 0 Å². The summed E-state index contributed by atoms with van der Waals surface area (Å²) in [6, 6.07) is 11.7. The van der Waals surface area contributed by atoms with Gasteiger partial charge in [-0.15, -0.1) is 11.8 Å². The van der Waals surface area contributed by atoms with E-state index in [0.29, 0.717) is 5.75 Å². The van der Waals surface area contributed by atoms with Gasteiger partial charge in [-0.25, -0.2) is 0 Å². The maximum Gasteiger partial charge on any atom is 0.293 e. The minimum atomic E-state index is -0.491. The van der Waals surface area contributed by atoms with Crippen LogP contribution in [-0.2, 0) is 5.75 Å². The largest absolute Gasteiger partial charge is 0.507 e. The molecule has 4 N–H and O–H groups in total. The van der Waals surface area contributed by atoms with Crippen molar-refractivity contribution >= 4 is 23.1 Å². The number of rotatable bonds is 5. The molecule has 0 amide bonds. The number of hydrogen-bond donors (Lipinski definition) is 3. The number of anilines is 1. The Morgan fingerprint density at radius 1 is 1.30 bits per heavy atom. The fourth-order valence-corrected chi connectivity index (χ4v) is 2.58. The van der Waals surface area contributed by atoms with Gasteiger partial charge in [-0.2, -0.15) is 0 Å². The summed E-state index contributed by atoms with van der Waals surface area (Å²) in [7, 11) is 0. The molecule has 6 nitrogen and oxygen atoms in total. The van der Waals surface area contributed by atoms with Gasteiger partial charge in [0.25, 0.3) is 5.69 Å². The lowest BCUT2D eigenvalue weighted by atomic mass is 10.2. The summed E-state index contributed by atoms with van der Waals surface area (Å²) in [6.45, 7) is 0. The number of para-hydroxylation sites is 1. The predicted molar refractivity (Wildman–Crippen MR) is 78.6 cm³/mol. The molecule has 0 atom stereocenters. The van der Waals surface area contributed by atoms with E-state index in [0.717, 1.165) is 10.5 Å². The zero-order valence-electron chi connectivity index (χ0n) is 10.4. The van der Waals surface area contributed by atoms with Crippen molar-refractivity contribution in [3.05, 3.63) is 58.1 Å². The van der Waals surface area contributed by atoms with E-state index in [-0.39, 0.29) is 17.1 Å². The van der Waals surface area contributed by atoms with Crippen LogP contribution in [0.15, 0.2) is 47.4 Å². The molecular formula is C13H13N3O3S. The molecule has 0 heterocycles. The lowest BCUT2D eigenvalue weighted by Crippen LogP contribution is -2.09. The first-order chi connectivity index (χ1) is 9.61. The number of phenolic OH excluding ortho intramolecular Hbond substituents is 1. The summed E-state index contributed by atoms with van der Waals surface area (Å²) < 4.78 is 0. The van der Waals surface area contributed by atoms with Crippen molar-refractivity contribution in [2.75, 3.05) is 5.43 Å². The molecule has 0 aliphatic rings. The van der Waals surface area contributed by atoms with Gasteiger partial charge < -0.3 is 10.5 Å². The number of nitrogens with zero attached hydrogens (tertiary/aromatic N) is 1. The van der Waals surface area contributed by atoms with Crippen molar-refractivity contribution in [2.45, 2.75) is 10.6 Å². The highest BCUT2D eigenvalue weighted by atomic mass is 32.2. The Labute approximate surface area is 119 Å². The molecule has 0 aliphatic heterocycles. The third-order valence-electron chi connectivity index (χ3n) is 2.67. The molecule has 2 aromatic carbocycles. The minimum Gasteiger partial charge on any atom is -0.507 e. The topological polar surface area (TPSA) is 101 Å². The molecule has 7 heteroatoms. The van der Waals surface area contributed by atoms with Crippen molar-refractivity contribution in [1.29, 1.82) is 0 Å². The molecule has 104 valence electrons. The smallest absolute Gasteiger partial charge is 0.293 e. The average molecular weight is 291 g/mol. The van der Waals surface area contributed by atoms with Crippen LogP contribution < -0.4 is 11.3 Å². The lowest BCUT2D eigenvalue weighted by molar-refractivity contribution is -0.384. The molecule has 0 aliphatic carbocycles. The molecule has 0 unspecified atom stereocenters. The van der Waals surface area contributed by atoms with E-state index in [1.54, 1.807) is 24.3 Å². The van der Waals surface area contributed by atoms with Gasteiger partial charge in [0, 0.05) is 16.7 Å². The molecule has 0 radical (unpaired) electrons. The number of nitrogens with one attached hydrogen (secondary N) is 1. The van der Waals surface area contributed by atoms with Crippen LogP contribution in [0, 0.1) is 10.1 Å². The highest BCUT2D eigenvalue weighted by Gasteiger charge is 2.13. The molecule has 0 aromatic heterocycles. The second-order valence-corrected chi connectivity index (χ2v) is 5.03. The number of nitrogens with two attached hydrogens (primary N) is 1. The second-order valence-electron chi connectivity index (χ2n) is 4.01. The number of aromatic hydroxyl groups is 1. The average Bonchev–Trinajstić information content (AvgIpc) is 2.46. The molecule has 2 rings (SSSR count). The summed E-state index contributed by atoms with van der Waals surface area (Å²) in [5.41, 5.74) is 3.40. The van der Waals surface area contributed by atoms with E-state index in [1.165, 1.54) is 17.8 Å². The number of nitro groups is 1. The zero-order valence-corrected chi connectivity index (χ0v) is 11.3. The van der Waals surface area contributed by atoms with Crippen LogP contribution in [0.2, 0.25) is 0 Å². The minimum absolute atomic E-state index is 0.0659. The quantitative estimate of drug-likeness (QED) is 0.339. The van der Waals surface area contributed by atoms with Crippen molar-refractivity contribution < 1.29 is 10.0 Å². The van der Waals surface area contributed by atoms with E-state index >= 15 is 0 Å². The molecule has 0 saturated carbocycles. The third kappa shape index (κ3) is 3.19. The van der Waals surface area contributed by atoms with Crippen LogP contribution in [0.5, 0.6) is 5.75 Å².